The molecule has 1 saturated carbocycles. The van der Waals surface area contributed by atoms with Crippen molar-refractivity contribution in [3.05, 3.63) is 11.5 Å². The summed E-state index contributed by atoms with van der Waals surface area (Å²) in [7, 11) is 0. The molecule has 0 aliphatic heterocycles. The van der Waals surface area contributed by atoms with Crippen molar-refractivity contribution in [3.8, 4) is 12.3 Å². The number of aromatic nitrogens is 2. The van der Waals surface area contributed by atoms with Crippen LogP contribution in [-0.2, 0) is 6.54 Å². The maximum atomic E-state index is 6.29. The fourth-order valence-corrected chi connectivity index (χ4v) is 3.19. The van der Waals surface area contributed by atoms with Gasteiger partial charge in [-0.25, -0.2) is 4.98 Å². The number of nitrogens with zero attached hydrogens (tertiary/aromatic N) is 2. The maximum absolute atomic E-state index is 6.29. The highest BCUT2D eigenvalue weighted by Gasteiger charge is 2.26. The highest BCUT2D eigenvalue weighted by atomic mass is 15.1. The number of nitrogen functional groups attached to an aromatic ring is 1. The number of anilines is 1. The SMILES string of the molecule is C#CCn1c(C2CCCC2)nc(C(C)CCC)c1N. The molecule has 1 aliphatic carbocycles. The van der Waals surface area contributed by atoms with E-state index in [1.165, 1.54) is 25.7 Å². The van der Waals surface area contributed by atoms with E-state index in [9.17, 15) is 0 Å². The van der Waals surface area contributed by atoms with E-state index in [0.717, 1.165) is 30.2 Å². The number of rotatable bonds is 5. The van der Waals surface area contributed by atoms with Crippen molar-refractivity contribution in [3.63, 3.8) is 0 Å². The summed E-state index contributed by atoms with van der Waals surface area (Å²) in [5.41, 5.74) is 7.35. The molecule has 3 heteroatoms. The average Bonchev–Trinajstić information content (AvgIpc) is 3.00. The van der Waals surface area contributed by atoms with Crippen molar-refractivity contribution >= 4 is 5.82 Å². The Balaban J connectivity index is 2.35. The van der Waals surface area contributed by atoms with E-state index in [2.05, 4.69) is 24.3 Å². The standard InChI is InChI=1S/C16H25N3/c1-4-8-12(3)14-15(17)19(11-5-2)16(18-14)13-9-6-7-10-13/h2,12-13H,4,6-11,17H2,1,3H3. The quantitative estimate of drug-likeness (QED) is 0.820. The maximum Gasteiger partial charge on any atom is 0.127 e. The van der Waals surface area contributed by atoms with Gasteiger partial charge in [-0.3, -0.25) is 0 Å². The summed E-state index contributed by atoms with van der Waals surface area (Å²) in [5.74, 6) is 5.61. The summed E-state index contributed by atoms with van der Waals surface area (Å²) >= 11 is 0. The minimum absolute atomic E-state index is 0.421. The van der Waals surface area contributed by atoms with E-state index in [1.807, 2.05) is 0 Å². The smallest absolute Gasteiger partial charge is 0.127 e. The first-order valence-electron chi connectivity index (χ1n) is 7.48. The van der Waals surface area contributed by atoms with Crippen LogP contribution in [0.25, 0.3) is 0 Å². The molecule has 0 bridgehead atoms. The van der Waals surface area contributed by atoms with Gasteiger partial charge in [-0.2, -0.15) is 0 Å². The van der Waals surface area contributed by atoms with Crippen LogP contribution in [0, 0.1) is 12.3 Å². The van der Waals surface area contributed by atoms with E-state index in [0.29, 0.717) is 18.4 Å². The Kier molecular flexibility index (Phi) is 4.52. The molecular formula is C16H25N3. The first kappa shape index (κ1) is 14.0. The summed E-state index contributed by atoms with van der Waals surface area (Å²) in [4.78, 5) is 4.87. The molecule has 1 aromatic rings. The minimum atomic E-state index is 0.421. The molecule has 1 aliphatic rings. The van der Waals surface area contributed by atoms with E-state index >= 15 is 0 Å². The Morgan fingerprint density at radius 2 is 2.16 bits per heavy atom. The largest absolute Gasteiger partial charge is 0.384 e. The minimum Gasteiger partial charge on any atom is -0.384 e. The van der Waals surface area contributed by atoms with Gasteiger partial charge >= 0.3 is 0 Å². The second-order valence-electron chi connectivity index (χ2n) is 5.70. The van der Waals surface area contributed by atoms with Crippen molar-refractivity contribution in [2.75, 3.05) is 5.73 Å². The number of hydrogen-bond donors (Lipinski definition) is 1. The van der Waals surface area contributed by atoms with Gasteiger partial charge in [0, 0.05) is 11.8 Å². The van der Waals surface area contributed by atoms with Gasteiger partial charge in [-0.05, 0) is 19.3 Å². The lowest BCUT2D eigenvalue weighted by atomic mass is 10.0. The lowest BCUT2D eigenvalue weighted by Crippen LogP contribution is -2.09. The molecule has 1 aromatic heterocycles. The molecule has 1 unspecified atom stereocenters. The Labute approximate surface area is 116 Å². The normalized spacial score (nSPS) is 17.5. The molecule has 3 nitrogen and oxygen atoms in total. The predicted molar refractivity (Wildman–Crippen MR) is 80.0 cm³/mol. The molecule has 19 heavy (non-hydrogen) atoms. The van der Waals surface area contributed by atoms with Crippen molar-refractivity contribution in [1.82, 2.24) is 9.55 Å². The first-order chi connectivity index (χ1) is 9.19. The van der Waals surface area contributed by atoms with Crippen LogP contribution in [0.4, 0.5) is 5.82 Å². The Morgan fingerprint density at radius 3 is 2.74 bits per heavy atom. The van der Waals surface area contributed by atoms with Crippen LogP contribution in [-0.4, -0.2) is 9.55 Å². The predicted octanol–water partition coefficient (Wildman–Crippen LogP) is 3.66. The fraction of sp³-hybridized carbons (Fsp3) is 0.688. The zero-order chi connectivity index (χ0) is 13.8. The van der Waals surface area contributed by atoms with Gasteiger partial charge in [-0.15, -0.1) is 6.42 Å². The molecule has 2 rings (SSSR count). The van der Waals surface area contributed by atoms with Crippen LogP contribution in [0.1, 0.15) is 75.7 Å². The van der Waals surface area contributed by atoms with Crippen molar-refractivity contribution in [2.24, 2.45) is 0 Å². The van der Waals surface area contributed by atoms with Crippen LogP contribution in [0.3, 0.4) is 0 Å². The van der Waals surface area contributed by atoms with Gasteiger partial charge in [0.25, 0.3) is 0 Å². The molecule has 0 radical (unpaired) electrons. The summed E-state index contributed by atoms with van der Waals surface area (Å²) in [6.07, 6.45) is 12.8. The number of hydrogen-bond acceptors (Lipinski definition) is 2. The third-order valence-corrected chi connectivity index (χ3v) is 4.22. The van der Waals surface area contributed by atoms with Crippen LogP contribution < -0.4 is 5.73 Å². The van der Waals surface area contributed by atoms with Gasteiger partial charge in [0.05, 0.1) is 12.2 Å². The monoisotopic (exact) mass is 259 g/mol. The second kappa shape index (κ2) is 6.14. The molecule has 0 saturated heterocycles. The zero-order valence-corrected chi connectivity index (χ0v) is 12.2. The van der Waals surface area contributed by atoms with Crippen molar-refractivity contribution < 1.29 is 0 Å². The number of terminal acetylenes is 1. The van der Waals surface area contributed by atoms with Crippen LogP contribution in [0.5, 0.6) is 0 Å². The van der Waals surface area contributed by atoms with Gasteiger partial charge in [-0.1, -0.05) is 39.0 Å². The van der Waals surface area contributed by atoms with E-state index in [4.69, 9.17) is 17.1 Å². The van der Waals surface area contributed by atoms with E-state index in [-0.39, 0.29) is 0 Å². The zero-order valence-electron chi connectivity index (χ0n) is 12.2. The Bertz CT molecular complexity index is 461. The summed E-state index contributed by atoms with van der Waals surface area (Å²) in [5, 5.41) is 0. The number of imidazole rings is 1. The van der Waals surface area contributed by atoms with Crippen LogP contribution >= 0.6 is 0 Å². The molecule has 1 heterocycles. The third-order valence-electron chi connectivity index (χ3n) is 4.22. The average molecular weight is 259 g/mol. The topological polar surface area (TPSA) is 43.8 Å². The van der Waals surface area contributed by atoms with Gasteiger partial charge in [0.2, 0.25) is 0 Å². The van der Waals surface area contributed by atoms with Gasteiger partial charge in [0.1, 0.15) is 11.6 Å². The molecular weight excluding hydrogens is 234 g/mol. The molecule has 0 aromatic carbocycles. The van der Waals surface area contributed by atoms with Crippen LogP contribution in [0.2, 0.25) is 0 Å². The summed E-state index contributed by atoms with van der Waals surface area (Å²) in [6, 6.07) is 0. The summed E-state index contributed by atoms with van der Waals surface area (Å²) < 4.78 is 2.07. The Hall–Kier alpha value is -1.43. The third kappa shape index (κ3) is 2.78. The molecule has 0 spiro atoms. The fourth-order valence-electron chi connectivity index (χ4n) is 3.19. The molecule has 2 N–H and O–H groups in total. The highest BCUT2D eigenvalue weighted by molar-refractivity contribution is 5.42. The van der Waals surface area contributed by atoms with Gasteiger partial charge < -0.3 is 10.3 Å². The molecule has 0 amide bonds. The second-order valence-corrected chi connectivity index (χ2v) is 5.70. The summed E-state index contributed by atoms with van der Waals surface area (Å²) in [6.45, 7) is 4.95. The van der Waals surface area contributed by atoms with Crippen molar-refractivity contribution in [1.29, 1.82) is 0 Å². The van der Waals surface area contributed by atoms with E-state index < -0.39 is 0 Å². The van der Waals surface area contributed by atoms with Crippen molar-refractivity contribution in [2.45, 2.75) is 70.8 Å². The molecule has 1 atom stereocenters. The molecule has 104 valence electrons. The molecule has 1 fully saturated rings. The van der Waals surface area contributed by atoms with Crippen LogP contribution in [0.15, 0.2) is 0 Å². The highest BCUT2D eigenvalue weighted by Crippen LogP contribution is 2.37. The van der Waals surface area contributed by atoms with E-state index in [1.54, 1.807) is 0 Å². The lowest BCUT2D eigenvalue weighted by Gasteiger charge is -2.11. The lowest BCUT2D eigenvalue weighted by molar-refractivity contribution is 0.615. The Morgan fingerprint density at radius 1 is 1.47 bits per heavy atom. The van der Waals surface area contributed by atoms with Gasteiger partial charge in [0.15, 0.2) is 0 Å². The number of nitrogens with two attached hydrogens (primary N) is 1. The first-order valence-corrected chi connectivity index (χ1v) is 7.48.